The summed E-state index contributed by atoms with van der Waals surface area (Å²) in [5.41, 5.74) is 8.87. The van der Waals surface area contributed by atoms with Gasteiger partial charge in [0, 0.05) is 30.8 Å². The number of aryl methyl sites for hydroxylation is 1. The van der Waals surface area contributed by atoms with E-state index >= 15 is 0 Å². The first kappa shape index (κ1) is 26.1. The number of nitrogen functional groups attached to an aromatic ring is 1. The van der Waals surface area contributed by atoms with Gasteiger partial charge in [0.25, 0.3) is 11.5 Å². The van der Waals surface area contributed by atoms with E-state index in [4.69, 9.17) is 5.73 Å². The number of rotatable bonds is 8. The molecule has 1 atom stereocenters. The van der Waals surface area contributed by atoms with Gasteiger partial charge in [0.1, 0.15) is 5.56 Å². The van der Waals surface area contributed by atoms with Gasteiger partial charge in [-0.25, -0.2) is 9.67 Å². The van der Waals surface area contributed by atoms with Gasteiger partial charge in [-0.05, 0) is 48.2 Å². The molecule has 0 spiro atoms. The first-order valence-electron chi connectivity index (χ1n) is 12.6. The molecular weight excluding hydrogens is 504 g/mol. The van der Waals surface area contributed by atoms with Crippen molar-refractivity contribution in [3.8, 4) is 5.69 Å². The van der Waals surface area contributed by atoms with E-state index in [2.05, 4.69) is 32.2 Å². The maximum Gasteiger partial charge on any atom is 0.263 e. The fourth-order valence-corrected chi connectivity index (χ4v) is 4.62. The van der Waals surface area contributed by atoms with Crippen molar-refractivity contribution in [1.82, 2.24) is 29.9 Å². The Hall–Kier alpha value is -5.51. The van der Waals surface area contributed by atoms with Gasteiger partial charge in [-0.3, -0.25) is 19.3 Å². The van der Waals surface area contributed by atoms with Crippen LogP contribution in [0.3, 0.4) is 0 Å². The van der Waals surface area contributed by atoms with E-state index in [0.29, 0.717) is 22.6 Å². The van der Waals surface area contributed by atoms with Crippen LogP contribution in [0.4, 0.5) is 11.6 Å². The average molecular weight is 533 g/mol. The molecule has 0 aliphatic rings. The second-order valence-corrected chi connectivity index (χ2v) is 9.12. The Balaban J connectivity index is 1.62. The second kappa shape index (κ2) is 11.1. The zero-order valence-electron chi connectivity index (χ0n) is 22.1. The molecule has 0 aliphatic carbocycles. The number of nitrogens with one attached hydrogen (secondary N) is 2. The van der Waals surface area contributed by atoms with Crippen molar-refractivity contribution >= 4 is 46.7 Å². The number of amides is 1. The Morgan fingerprint density at radius 1 is 1.15 bits per heavy atom. The highest BCUT2D eigenvalue weighted by molar-refractivity contribution is 6.03. The number of carbonyl (C=O) groups is 1. The SMILES string of the molecule is C=C/C=N\c1c(C(=O)NC(C)c2cc3cccc(/C=C/c4ccn[nH]4)c3c(=O)n2-c2ccccc2)c(N)nn1C. The summed E-state index contributed by atoms with van der Waals surface area (Å²) in [5, 5.41) is 15.3. The number of carbonyl (C=O) groups excluding carboxylic acids is 1. The summed E-state index contributed by atoms with van der Waals surface area (Å²) in [6, 6.07) is 18.2. The topological polar surface area (TPSA) is 136 Å². The van der Waals surface area contributed by atoms with Crippen LogP contribution in [0.1, 0.15) is 40.3 Å². The molecule has 5 aromatic rings. The molecule has 3 heterocycles. The quantitative estimate of drug-likeness (QED) is 0.251. The van der Waals surface area contributed by atoms with Crippen molar-refractivity contribution in [2.45, 2.75) is 13.0 Å². The second-order valence-electron chi connectivity index (χ2n) is 9.12. The number of aromatic nitrogens is 5. The number of para-hydroxylation sites is 1. The van der Waals surface area contributed by atoms with Gasteiger partial charge in [-0.2, -0.15) is 10.2 Å². The Bertz CT molecular complexity index is 1810. The summed E-state index contributed by atoms with van der Waals surface area (Å²) in [5.74, 6) is -0.108. The Morgan fingerprint density at radius 2 is 1.95 bits per heavy atom. The summed E-state index contributed by atoms with van der Waals surface area (Å²) in [4.78, 5) is 31.9. The normalized spacial score (nSPS) is 12.3. The molecule has 0 saturated heterocycles. The predicted octanol–water partition coefficient (Wildman–Crippen LogP) is 4.58. The van der Waals surface area contributed by atoms with E-state index < -0.39 is 11.9 Å². The largest absolute Gasteiger partial charge is 0.381 e. The number of benzene rings is 2. The monoisotopic (exact) mass is 532 g/mol. The standard InChI is InChI=1S/C30H28N8O2/c1-4-16-32-28-26(27(31)36-37(28)3)29(39)34-19(2)24-18-21-10-8-9-20(13-14-22-15-17-33-35-22)25(21)30(40)38(24)23-11-6-5-7-12-23/h4-19H,1H2,2-3H3,(H2,31,36)(H,33,35)(H,34,39)/b14-13+,32-16-. The van der Waals surface area contributed by atoms with Gasteiger partial charge >= 0.3 is 0 Å². The minimum absolute atomic E-state index is 0.0519. The lowest BCUT2D eigenvalue weighted by atomic mass is 10.0. The minimum atomic E-state index is -0.579. The van der Waals surface area contributed by atoms with Crippen LogP contribution in [0, 0.1) is 0 Å². The zero-order valence-corrected chi connectivity index (χ0v) is 22.1. The lowest BCUT2D eigenvalue weighted by Crippen LogP contribution is -2.32. The number of aliphatic imine (C=N–C) groups is 1. The van der Waals surface area contributed by atoms with Gasteiger partial charge < -0.3 is 11.1 Å². The Morgan fingerprint density at radius 3 is 2.67 bits per heavy atom. The molecule has 10 heteroatoms. The average Bonchev–Trinajstić information content (AvgIpc) is 3.57. The smallest absolute Gasteiger partial charge is 0.263 e. The maximum absolute atomic E-state index is 14.2. The summed E-state index contributed by atoms with van der Waals surface area (Å²) >= 11 is 0. The summed E-state index contributed by atoms with van der Waals surface area (Å²) in [6.07, 6.45) is 8.38. The van der Waals surface area contributed by atoms with Crippen LogP contribution < -0.4 is 16.6 Å². The molecule has 40 heavy (non-hydrogen) atoms. The Labute approximate surface area is 230 Å². The molecule has 3 aromatic heterocycles. The molecule has 5 rings (SSSR count). The molecule has 2 aromatic carbocycles. The molecular formula is C30H28N8O2. The van der Waals surface area contributed by atoms with Crippen LogP contribution in [0.15, 0.2) is 89.3 Å². The first-order chi connectivity index (χ1) is 19.4. The van der Waals surface area contributed by atoms with Crippen molar-refractivity contribution in [2.75, 3.05) is 5.73 Å². The molecule has 0 radical (unpaired) electrons. The fourth-order valence-electron chi connectivity index (χ4n) is 4.62. The number of nitrogens with zero attached hydrogens (tertiary/aromatic N) is 5. The number of aromatic amines is 1. The third-order valence-corrected chi connectivity index (χ3v) is 6.45. The van der Waals surface area contributed by atoms with Crippen LogP contribution in [-0.4, -0.2) is 36.7 Å². The van der Waals surface area contributed by atoms with Gasteiger partial charge in [-0.1, -0.05) is 55.1 Å². The van der Waals surface area contributed by atoms with Crippen molar-refractivity contribution in [1.29, 1.82) is 0 Å². The van der Waals surface area contributed by atoms with Crippen LogP contribution >= 0.6 is 0 Å². The highest BCUT2D eigenvalue weighted by Gasteiger charge is 2.24. The van der Waals surface area contributed by atoms with Gasteiger partial charge in [0.2, 0.25) is 0 Å². The molecule has 0 fully saturated rings. The van der Waals surface area contributed by atoms with Crippen molar-refractivity contribution in [3.05, 3.63) is 112 Å². The number of anilines is 1. The number of H-pyrrole nitrogens is 1. The van der Waals surface area contributed by atoms with E-state index in [9.17, 15) is 9.59 Å². The maximum atomic E-state index is 14.2. The molecule has 0 saturated carbocycles. The molecule has 1 amide bonds. The summed E-state index contributed by atoms with van der Waals surface area (Å²) in [6.45, 7) is 5.44. The van der Waals surface area contributed by atoms with Crippen molar-refractivity contribution in [2.24, 2.45) is 12.0 Å². The molecule has 0 aliphatic heterocycles. The predicted molar refractivity (Wildman–Crippen MR) is 159 cm³/mol. The van der Waals surface area contributed by atoms with E-state index in [-0.39, 0.29) is 16.9 Å². The third-order valence-electron chi connectivity index (χ3n) is 6.45. The lowest BCUT2D eigenvalue weighted by molar-refractivity contribution is 0.0940. The molecule has 4 N–H and O–H groups in total. The van der Waals surface area contributed by atoms with Crippen molar-refractivity contribution < 1.29 is 4.79 Å². The van der Waals surface area contributed by atoms with E-state index in [1.165, 1.54) is 17.0 Å². The van der Waals surface area contributed by atoms with Crippen LogP contribution in [0.2, 0.25) is 0 Å². The molecule has 0 bridgehead atoms. The fraction of sp³-hybridized carbons (Fsp3) is 0.100. The number of hydrogen-bond donors (Lipinski definition) is 3. The number of pyridine rings is 1. The number of fused-ring (bicyclic) bond motifs is 1. The number of allylic oxidation sites excluding steroid dienone is 1. The van der Waals surface area contributed by atoms with Crippen LogP contribution in [0.5, 0.6) is 0 Å². The van der Waals surface area contributed by atoms with Crippen molar-refractivity contribution in [3.63, 3.8) is 0 Å². The summed E-state index contributed by atoms with van der Waals surface area (Å²) in [7, 11) is 1.65. The third kappa shape index (κ3) is 4.97. The van der Waals surface area contributed by atoms with E-state index in [1.807, 2.05) is 79.7 Å². The van der Waals surface area contributed by atoms with Crippen LogP contribution in [0.25, 0.3) is 28.6 Å². The highest BCUT2D eigenvalue weighted by atomic mass is 16.2. The molecule has 200 valence electrons. The van der Waals surface area contributed by atoms with Gasteiger partial charge in [0.15, 0.2) is 11.6 Å². The first-order valence-corrected chi connectivity index (χ1v) is 12.6. The Kier molecular flexibility index (Phi) is 7.23. The molecule has 1 unspecified atom stereocenters. The lowest BCUT2D eigenvalue weighted by Gasteiger charge is -2.21. The number of nitrogens with two attached hydrogens (primary N) is 1. The van der Waals surface area contributed by atoms with E-state index in [1.54, 1.807) is 17.8 Å². The number of hydrogen-bond acceptors (Lipinski definition) is 6. The van der Waals surface area contributed by atoms with Gasteiger partial charge in [-0.15, -0.1) is 0 Å². The van der Waals surface area contributed by atoms with Crippen LogP contribution in [-0.2, 0) is 7.05 Å². The zero-order chi connectivity index (χ0) is 28.2. The minimum Gasteiger partial charge on any atom is -0.381 e. The highest BCUT2D eigenvalue weighted by Crippen LogP contribution is 2.27. The summed E-state index contributed by atoms with van der Waals surface area (Å²) < 4.78 is 3.06. The van der Waals surface area contributed by atoms with E-state index in [0.717, 1.165) is 16.6 Å². The van der Waals surface area contributed by atoms with Gasteiger partial charge in [0.05, 0.1) is 17.1 Å². The molecule has 10 nitrogen and oxygen atoms in total.